The standard InChI is InChI=1S/C39H32N2O2S2/c1-39(2,3)43-38(42)28(22-40)18-23-8-10-24(11-9-23)32-20-34-35(44-32)21-33(45-34)25-14-16-29(17-15-25)41-31-7-5-4-6-30(31)36-26-12-13-27(19-26)37(36)41/h4-11,14-18,20-21,26,36H,12-13,19H2,1-3H3/b28-18+. The highest BCUT2D eigenvalue weighted by Crippen LogP contribution is 2.61. The van der Waals surface area contributed by atoms with Crippen molar-refractivity contribution in [3.8, 4) is 27.0 Å². The van der Waals surface area contributed by atoms with Crippen molar-refractivity contribution in [2.45, 2.75) is 51.6 Å². The highest BCUT2D eigenvalue weighted by molar-refractivity contribution is 7.31. The third-order valence-electron chi connectivity index (χ3n) is 9.07. The molecule has 0 radical (unpaired) electrons. The van der Waals surface area contributed by atoms with Crippen LogP contribution in [-0.4, -0.2) is 11.6 Å². The van der Waals surface area contributed by atoms with Crippen molar-refractivity contribution in [3.05, 3.63) is 113 Å². The maximum absolute atomic E-state index is 12.4. The van der Waals surface area contributed by atoms with Crippen LogP contribution in [0, 0.1) is 17.2 Å². The van der Waals surface area contributed by atoms with Crippen LogP contribution in [0.25, 0.3) is 36.4 Å². The lowest BCUT2D eigenvalue weighted by Crippen LogP contribution is -2.24. The summed E-state index contributed by atoms with van der Waals surface area (Å²) >= 11 is 3.62. The number of hydrogen-bond donors (Lipinski definition) is 0. The molecule has 5 aromatic rings. The maximum atomic E-state index is 12.4. The van der Waals surface area contributed by atoms with Crippen LogP contribution in [0.3, 0.4) is 0 Å². The maximum Gasteiger partial charge on any atom is 0.349 e. The van der Waals surface area contributed by atoms with Crippen LogP contribution in [0.2, 0.25) is 0 Å². The Morgan fingerprint density at radius 2 is 1.58 bits per heavy atom. The molecule has 1 aliphatic heterocycles. The number of thiophene rings is 2. The lowest BCUT2D eigenvalue weighted by atomic mass is 9.86. The van der Waals surface area contributed by atoms with Crippen LogP contribution >= 0.6 is 22.7 Å². The monoisotopic (exact) mass is 624 g/mol. The Morgan fingerprint density at radius 3 is 2.22 bits per heavy atom. The van der Waals surface area contributed by atoms with Gasteiger partial charge >= 0.3 is 5.97 Å². The molecule has 1 fully saturated rings. The van der Waals surface area contributed by atoms with Crippen LogP contribution in [0.15, 0.2) is 102 Å². The number of hydrogen-bond acceptors (Lipinski definition) is 6. The largest absolute Gasteiger partial charge is 0.456 e. The van der Waals surface area contributed by atoms with E-state index in [1.165, 1.54) is 60.9 Å². The second-order valence-corrected chi connectivity index (χ2v) is 15.3. The number of nitrogens with zero attached hydrogens (tertiary/aromatic N) is 2. The minimum absolute atomic E-state index is 0.00695. The number of rotatable bonds is 5. The summed E-state index contributed by atoms with van der Waals surface area (Å²) in [5.74, 6) is 0.745. The van der Waals surface area contributed by atoms with E-state index in [1.54, 1.807) is 49.5 Å². The average Bonchev–Trinajstić information content (AvgIpc) is 3.84. The molecule has 0 amide bonds. The smallest absolute Gasteiger partial charge is 0.349 e. The summed E-state index contributed by atoms with van der Waals surface area (Å²) in [5.41, 5.74) is 9.84. The summed E-state index contributed by atoms with van der Waals surface area (Å²) < 4.78 is 7.91. The third-order valence-corrected chi connectivity index (χ3v) is 11.5. The molecule has 2 bridgehead atoms. The first-order valence-electron chi connectivity index (χ1n) is 15.5. The van der Waals surface area contributed by atoms with Crippen molar-refractivity contribution < 1.29 is 9.53 Å². The summed E-state index contributed by atoms with van der Waals surface area (Å²) in [6, 6.07) is 32.6. The number of benzene rings is 3. The number of allylic oxidation sites excluding steroid dienone is 2. The first kappa shape index (κ1) is 28.1. The van der Waals surface area contributed by atoms with Gasteiger partial charge in [-0.3, -0.25) is 0 Å². The van der Waals surface area contributed by atoms with Crippen LogP contribution < -0.4 is 4.90 Å². The summed E-state index contributed by atoms with van der Waals surface area (Å²) in [6.07, 6.45) is 5.45. The van der Waals surface area contributed by atoms with Crippen molar-refractivity contribution in [2.75, 3.05) is 4.90 Å². The second kappa shape index (κ2) is 10.6. The van der Waals surface area contributed by atoms with Gasteiger partial charge in [0.15, 0.2) is 0 Å². The Balaban J connectivity index is 1.02. The van der Waals surface area contributed by atoms with Gasteiger partial charge in [-0.1, -0.05) is 54.6 Å². The topological polar surface area (TPSA) is 53.3 Å². The van der Waals surface area contributed by atoms with Crippen LogP contribution in [-0.2, 0) is 9.53 Å². The Labute approximate surface area is 271 Å². The molecule has 8 rings (SSSR count). The summed E-state index contributed by atoms with van der Waals surface area (Å²) in [6.45, 7) is 5.37. The molecule has 3 aliphatic rings. The van der Waals surface area contributed by atoms with Gasteiger partial charge < -0.3 is 9.64 Å². The van der Waals surface area contributed by atoms with E-state index < -0.39 is 11.6 Å². The van der Waals surface area contributed by atoms with Crippen molar-refractivity contribution in [1.82, 2.24) is 0 Å². The van der Waals surface area contributed by atoms with Crippen LogP contribution in [0.5, 0.6) is 0 Å². The quantitative estimate of drug-likeness (QED) is 0.111. The molecule has 1 saturated carbocycles. The van der Waals surface area contributed by atoms with E-state index in [0.717, 1.165) is 17.0 Å². The SMILES string of the molecule is CC(C)(C)OC(=O)/C(C#N)=C/c1ccc(-c2cc3sc(-c4ccc(N5C6=C7CCC(C7)C6c6ccccc65)cc4)cc3s2)cc1. The van der Waals surface area contributed by atoms with Crippen molar-refractivity contribution in [3.63, 3.8) is 0 Å². The fourth-order valence-corrected chi connectivity index (χ4v) is 9.58. The molecule has 0 spiro atoms. The van der Waals surface area contributed by atoms with Gasteiger partial charge in [-0.2, -0.15) is 5.26 Å². The summed E-state index contributed by atoms with van der Waals surface area (Å²) in [7, 11) is 0. The first-order valence-corrected chi connectivity index (χ1v) is 17.1. The Hall–Kier alpha value is -4.44. The fraction of sp³-hybridized carbons (Fsp3) is 0.231. The van der Waals surface area contributed by atoms with Crippen molar-refractivity contribution in [2.24, 2.45) is 5.92 Å². The minimum Gasteiger partial charge on any atom is -0.456 e. The van der Waals surface area contributed by atoms with Gasteiger partial charge in [-0.05, 0) is 110 Å². The fourth-order valence-electron chi connectivity index (χ4n) is 7.18. The third kappa shape index (κ3) is 4.91. The summed E-state index contributed by atoms with van der Waals surface area (Å²) in [5, 5.41) is 9.48. The highest BCUT2D eigenvalue weighted by Gasteiger charge is 2.48. The van der Waals surface area contributed by atoms with E-state index in [-0.39, 0.29) is 5.57 Å². The number of para-hydroxylation sites is 1. The number of carbonyl (C=O) groups excluding carboxylic acids is 1. The van der Waals surface area contributed by atoms with Crippen molar-refractivity contribution >= 4 is 55.5 Å². The number of carbonyl (C=O) groups is 1. The molecule has 0 N–H and O–H groups in total. The molecule has 2 aliphatic carbocycles. The average molecular weight is 625 g/mol. The van der Waals surface area contributed by atoms with Crippen LogP contribution in [0.1, 0.15) is 57.1 Å². The van der Waals surface area contributed by atoms with E-state index in [9.17, 15) is 10.1 Å². The normalized spacial score (nSPS) is 18.8. The molecular formula is C39H32N2O2S2. The molecule has 2 unspecified atom stereocenters. The molecule has 0 saturated heterocycles. The Bertz CT molecular complexity index is 2050. The van der Waals surface area contributed by atoms with E-state index >= 15 is 0 Å². The van der Waals surface area contributed by atoms with Gasteiger partial charge in [0.25, 0.3) is 0 Å². The van der Waals surface area contributed by atoms with Gasteiger partial charge in [0.1, 0.15) is 17.2 Å². The van der Waals surface area contributed by atoms with Gasteiger partial charge in [-0.25, -0.2) is 4.79 Å². The van der Waals surface area contributed by atoms with Crippen LogP contribution in [0.4, 0.5) is 11.4 Å². The first-order chi connectivity index (χ1) is 21.8. The zero-order chi connectivity index (χ0) is 30.9. The Morgan fingerprint density at radius 1 is 0.933 bits per heavy atom. The molecular weight excluding hydrogens is 593 g/mol. The number of esters is 1. The summed E-state index contributed by atoms with van der Waals surface area (Å²) in [4.78, 5) is 17.4. The molecule has 3 heterocycles. The van der Waals surface area contributed by atoms with Gasteiger partial charge in [0.2, 0.25) is 0 Å². The predicted octanol–water partition coefficient (Wildman–Crippen LogP) is 10.8. The number of nitriles is 1. The van der Waals surface area contributed by atoms with E-state index in [4.69, 9.17) is 4.74 Å². The van der Waals surface area contributed by atoms with E-state index in [2.05, 4.69) is 65.6 Å². The van der Waals surface area contributed by atoms with Gasteiger partial charge in [-0.15, -0.1) is 22.7 Å². The highest BCUT2D eigenvalue weighted by atomic mass is 32.1. The number of fused-ring (bicyclic) bond motifs is 7. The lowest BCUT2D eigenvalue weighted by Gasteiger charge is -2.26. The molecule has 3 aromatic carbocycles. The number of anilines is 2. The Kier molecular flexibility index (Phi) is 6.60. The molecule has 4 nitrogen and oxygen atoms in total. The second-order valence-electron chi connectivity index (χ2n) is 13.2. The molecule has 45 heavy (non-hydrogen) atoms. The van der Waals surface area contributed by atoms with E-state index in [0.29, 0.717) is 5.92 Å². The molecule has 2 atom stereocenters. The minimum atomic E-state index is -0.649. The van der Waals surface area contributed by atoms with Gasteiger partial charge in [0.05, 0.1) is 0 Å². The molecule has 222 valence electrons. The van der Waals surface area contributed by atoms with Crippen molar-refractivity contribution in [1.29, 1.82) is 5.26 Å². The zero-order valence-corrected chi connectivity index (χ0v) is 27.1. The van der Waals surface area contributed by atoms with E-state index in [1.807, 2.05) is 41.7 Å². The molecule has 2 aromatic heterocycles. The number of ether oxygens (including phenoxy) is 1. The molecule has 6 heteroatoms. The predicted molar refractivity (Wildman–Crippen MR) is 186 cm³/mol. The lowest BCUT2D eigenvalue weighted by molar-refractivity contribution is -0.149. The zero-order valence-electron chi connectivity index (χ0n) is 25.5. The van der Waals surface area contributed by atoms with Gasteiger partial charge in [0, 0.05) is 42.1 Å².